The molecule has 3 N–H and O–H groups in total. The van der Waals surface area contributed by atoms with Crippen molar-refractivity contribution >= 4 is 49.2 Å². The number of nitriles is 1. The second-order valence-corrected chi connectivity index (χ2v) is 12.8. The van der Waals surface area contributed by atoms with Gasteiger partial charge in [-0.1, -0.05) is 17.8 Å². The van der Waals surface area contributed by atoms with Crippen LogP contribution in [0.5, 0.6) is 0 Å². The number of pyridine rings is 2. The zero-order chi connectivity index (χ0) is 25.6. The summed E-state index contributed by atoms with van der Waals surface area (Å²) < 4.78 is 30.0. The summed E-state index contributed by atoms with van der Waals surface area (Å²) in [6, 6.07) is 7.80. The smallest absolute Gasteiger partial charge is 0.282 e. The molecule has 0 aliphatic carbocycles. The Morgan fingerprint density at radius 2 is 2.00 bits per heavy atom. The quantitative estimate of drug-likeness (QED) is 0.411. The van der Waals surface area contributed by atoms with Gasteiger partial charge in [-0.2, -0.15) is 22.3 Å². The van der Waals surface area contributed by atoms with Gasteiger partial charge in [-0.25, -0.2) is 9.97 Å². The molecule has 37 heavy (non-hydrogen) atoms. The van der Waals surface area contributed by atoms with Gasteiger partial charge in [0.15, 0.2) is 5.13 Å². The first kappa shape index (κ1) is 24.4. The molecular formula is C24H28N8O3S2. The lowest BCUT2D eigenvalue weighted by molar-refractivity contribution is 0.0984. The van der Waals surface area contributed by atoms with Crippen LogP contribution in [-0.4, -0.2) is 68.3 Å². The number of hydrogen-bond acceptors (Lipinski definition) is 10. The van der Waals surface area contributed by atoms with Crippen LogP contribution in [0.25, 0.3) is 10.9 Å². The van der Waals surface area contributed by atoms with Gasteiger partial charge in [0.1, 0.15) is 11.6 Å². The largest absolute Gasteiger partial charge is 0.391 e. The van der Waals surface area contributed by atoms with Gasteiger partial charge in [-0.05, 0) is 37.8 Å². The molecule has 0 unspecified atom stereocenters. The molecule has 3 aromatic heterocycles. The zero-order valence-corrected chi connectivity index (χ0v) is 21.7. The molecule has 13 heteroatoms. The highest BCUT2D eigenvalue weighted by Gasteiger charge is 2.49. The molecule has 3 aliphatic rings. The Morgan fingerprint density at radius 1 is 1.22 bits per heavy atom. The molecule has 194 valence electrons. The van der Waals surface area contributed by atoms with Gasteiger partial charge < -0.3 is 15.7 Å². The summed E-state index contributed by atoms with van der Waals surface area (Å²) in [4.78, 5) is 14.4. The number of thiazole rings is 1. The highest BCUT2D eigenvalue weighted by atomic mass is 32.2. The summed E-state index contributed by atoms with van der Waals surface area (Å²) in [7, 11) is -3.57. The molecule has 2 bridgehead atoms. The molecule has 3 atom stereocenters. The maximum atomic E-state index is 13.4. The van der Waals surface area contributed by atoms with E-state index in [9.17, 15) is 13.5 Å². The minimum atomic E-state index is -3.57. The lowest BCUT2D eigenvalue weighted by Gasteiger charge is -2.50. The molecule has 0 saturated carbocycles. The minimum absolute atomic E-state index is 0.0632. The summed E-state index contributed by atoms with van der Waals surface area (Å²) in [6.45, 7) is 0.516. The molecule has 0 spiro atoms. The zero-order valence-electron chi connectivity index (χ0n) is 20.1. The molecule has 6 rings (SSSR count). The van der Waals surface area contributed by atoms with Gasteiger partial charge in [0.25, 0.3) is 10.2 Å². The maximum Gasteiger partial charge on any atom is 0.282 e. The van der Waals surface area contributed by atoms with Crippen LogP contribution >= 0.6 is 11.3 Å². The fourth-order valence-corrected chi connectivity index (χ4v) is 8.48. The minimum Gasteiger partial charge on any atom is -0.391 e. The van der Waals surface area contributed by atoms with Crippen molar-refractivity contribution in [2.24, 2.45) is 5.92 Å². The molecule has 3 fully saturated rings. The van der Waals surface area contributed by atoms with E-state index in [0.717, 1.165) is 35.0 Å². The fraction of sp³-hybridized carbons (Fsp3) is 0.500. The lowest BCUT2D eigenvalue weighted by atomic mass is 9.84. The Kier molecular flexibility index (Phi) is 6.46. The van der Waals surface area contributed by atoms with Crippen molar-refractivity contribution in [2.75, 3.05) is 23.7 Å². The Balaban J connectivity index is 1.23. The number of aromatic nitrogens is 3. The van der Waals surface area contributed by atoms with Gasteiger partial charge in [0.05, 0.1) is 29.0 Å². The van der Waals surface area contributed by atoms with E-state index in [-0.39, 0.29) is 43.7 Å². The Labute approximate surface area is 219 Å². The number of aliphatic hydroxyl groups is 1. The van der Waals surface area contributed by atoms with Crippen LogP contribution < -0.4 is 10.6 Å². The van der Waals surface area contributed by atoms with E-state index >= 15 is 0 Å². The van der Waals surface area contributed by atoms with Crippen LogP contribution in [0, 0.1) is 17.2 Å². The van der Waals surface area contributed by atoms with E-state index in [0.29, 0.717) is 29.6 Å². The first-order chi connectivity index (χ1) is 17.9. The van der Waals surface area contributed by atoms with E-state index in [1.165, 1.54) is 15.6 Å². The second kappa shape index (κ2) is 9.77. The van der Waals surface area contributed by atoms with Crippen LogP contribution in [-0.2, 0) is 16.8 Å². The molecule has 0 amide bonds. The van der Waals surface area contributed by atoms with Crippen molar-refractivity contribution in [3.63, 3.8) is 0 Å². The van der Waals surface area contributed by atoms with Gasteiger partial charge in [0, 0.05) is 55.1 Å². The van der Waals surface area contributed by atoms with Crippen LogP contribution in [0.3, 0.4) is 0 Å². The maximum absolute atomic E-state index is 13.4. The number of aliphatic hydroxyl groups excluding tert-OH is 1. The average Bonchev–Trinajstić information content (AvgIpc) is 3.30. The third-order valence-corrected chi connectivity index (χ3v) is 10.4. The molecule has 3 aliphatic heterocycles. The Morgan fingerprint density at radius 3 is 2.70 bits per heavy atom. The number of nitrogens with zero attached hydrogens (tertiary/aromatic N) is 6. The highest BCUT2D eigenvalue weighted by molar-refractivity contribution is 7.86. The van der Waals surface area contributed by atoms with Gasteiger partial charge in [-0.15, -0.1) is 0 Å². The van der Waals surface area contributed by atoms with Crippen LogP contribution in [0.2, 0.25) is 0 Å². The molecule has 0 aromatic carbocycles. The number of anilines is 3. The standard InChI is InChI=1S/C24H28N8O3S2/c25-10-15-12-31(13-15)37(34,35)32-17-3-1-4-18(32)8-16(7-17)28-23-20-5-2-6-26-21(20)9-22(29-23)30-24-27-11-19(14-33)36-24/h2,5-6,9,11,15-18,33H,1,3-4,7-8,12-14H2,(H2,27,28,29,30)/t16-,17-,18+. The second-order valence-electron chi connectivity index (χ2n) is 9.87. The SMILES string of the molecule is N#CC1CN(S(=O)(=O)N2[C@@H]3CCC[C@H]2C[C@H](Nc2nc(Nc4ncc(CO)s4)cc4ncccc24)C3)C1. The predicted octanol–water partition coefficient (Wildman–Crippen LogP) is 2.82. The molecule has 3 saturated heterocycles. The van der Waals surface area contributed by atoms with E-state index in [1.807, 2.05) is 18.2 Å². The molecule has 6 heterocycles. The van der Waals surface area contributed by atoms with Crippen LogP contribution in [0.1, 0.15) is 37.0 Å². The van der Waals surface area contributed by atoms with E-state index in [4.69, 9.17) is 10.2 Å². The third kappa shape index (κ3) is 4.64. The van der Waals surface area contributed by atoms with Crippen molar-refractivity contribution in [2.45, 2.75) is 56.8 Å². The molecule has 0 radical (unpaired) electrons. The predicted molar refractivity (Wildman–Crippen MR) is 140 cm³/mol. The lowest BCUT2D eigenvalue weighted by Crippen LogP contribution is -2.63. The summed E-state index contributed by atoms with van der Waals surface area (Å²) in [5, 5.41) is 26.8. The summed E-state index contributed by atoms with van der Waals surface area (Å²) in [5.74, 6) is 1.09. The Bertz CT molecular complexity index is 1440. The van der Waals surface area contributed by atoms with Crippen molar-refractivity contribution < 1.29 is 13.5 Å². The number of fused-ring (bicyclic) bond motifs is 3. The monoisotopic (exact) mass is 540 g/mol. The molecular weight excluding hydrogens is 512 g/mol. The number of rotatable bonds is 7. The molecule has 3 aromatic rings. The molecule has 11 nitrogen and oxygen atoms in total. The topological polar surface area (TPSA) is 147 Å². The average molecular weight is 541 g/mol. The van der Waals surface area contributed by atoms with Crippen molar-refractivity contribution in [1.82, 2.24) is 23.6 Å². The number of hydrogen-bond donors (Lipinski definition) is 3. The number of piperidine rings is 2. The van der Waals surface area contributed by atoms with Crippen LogP contribution in [0.4, 0.5) is 16.8 Å². The highest BCUT2D eigenvalue weighted by Crippen LogP contribution is 2.40. The Hall–Kier alpha value is -2.89. The van der Waals surface area contributed by atoms with Gasteiger partial charge >= 0.3 is 0 Å². The summed E-state index contributed by atoms with van der Waals surface area (Å²) in [6.07, 6.45) is 7.44. The first-order valence-electron chi connectivity index (χ1n) is 12.5. The van der Waals surface area contributed by atoms with Gasteiger partial charge in [0.2, 0.25) is 0 Å². The summed E-state index contributed by atoms with van der Waals surface area (Å²) >= 11 is 1.36. The van der Waals surface area contributed by atoms with E-state index in [2.05, 4.69) is 26.7 Å². The van der Waals surface area contributed by atoms with Crippen molar-refractivity contribution in [1.29, 1.82) is 5.26 Å². The van der Waals surface area contributed by atoms with E-state index < -0.39 is 10.2 Å². The number of nitrogens with one attached hydrogen (secondary N) is 2. The first-order valence-corrected chi connectivity index (χ1v) is 14.7. The fourth-order valence-electron chi connectivity index (χ4n) is 5.67. The summed E-state index contributed by atoms with van der Waals surface area (Å²) in [5.41, 5.74) is 0.784. The van der Waals surface area contributed by atoms with Crippen molar-refractivity contribution in [3.05, 3.63) is 35.5 Å². The third-order valence-electron chi connectivity index (χ3n) is 7.42. The van der Waals surface area contributed by atoms with Crippen LogP contribution in [0.15, 0.2) is 30.6 Å². The van der Waals surface area contributed by atoms with Crippen molar-refractivity contribution in [3.8, 4) is 6.07 Å². The van der Waals surface area contributed by atoms with Gasteiger partial charge in [-0.3, -0.25) is 4.98 Å². The normalized spacial score (nSPS) is 24.9. The van der Waals surface area contributed by atoms with E-state index in [1.54, 1.807) is 16.7 Å².